The molecule has 2 aromatic rings. The van der Waals surface area contributed by atoms with Crippen molar-refractivity contribution in [2.24, 2.45) is 17.8 Å². The number of alkyl halides is 1. The van der Waals surface area contributed by atoms with Crippen LogP contribution in [0.5, 0.6) is 0 Å². The van der Waals surface area contributed by atoms with Gasteiger partial charge in [-0.2, -0.15) is 5.10 Å². The Labute approximate surface area is 209 Å². The van der Waals surface area contributed by atoms with Gasteiger partial charge < -0.3 is 16.0 Å². The molecular formula is C26H33F2N5O3. The number of carbonyl (C=O) groups excluding carboxylic acids is 3. The molecule has 4 rings (SSSR count). The second-order valence-corrected chi connectivity index (χ2v) is 9.98. The second kappa shape index (κ2) is 11.2. The highest BCUT2D eigenvalue weighted by Crippen LogP contribution is 2.51. The maximum absolute atomic E-state index is 14.8. The van der Waals surface area contributed by atoms with Gasteiger partial charge in [-0.15, -0.1) is 0 Å². The Morgan fingerprint density at radius 2 is 1.81 bits per heavy atom. The fourth-order valence-electron chi connectivity index (χ4n) is 4.76. The van der Waals surface area contributed by atoms with E-state index in [1.165, 1.54) is 12.1 Å². The van der Waals surface area contributed by atoms with Crippen LogP contribution in [-0.2, 0) is 16.0 Å². The van der Waals surface area contributed by atoms with Crippen LogP contribution in [0.25, 0.3) is 0 Å². The topological polar surface area (TPSA) is 105 Å². The van der Waals surface area contributed by atoms with Gasteiger partial charge in [0.2, 0.25) is 11.8 Å². The van der Waals surface area contributed by atoms with Crippen molar-refractivity contribution in [3.05, 3.63) is 47.5 Å². The molecule has 2 fully saturated rings. The molecule has 10 heteroatoms. The van der Waals surface area contributed by atoms with Gasteiger partial charge in [-0.05, 0) is 81.0 Å². The number of anilines is 1. The molecule has 1 aromatic carbocycles. The lowest BCUT2D eigenvalue weighted by molar-refractivity contribution is -0.121. The molecule has 1 aromatic heterocycles. The zero-order valence-electron chi connectivity index (χ0n) is 20.6. The number of nitrogens with zero attached hydrogens (tertiary/aromatic N) is 2. The van der Waals surface area contributed by atoms with E-state index in [1.54, 1.807) is 23.0 Å². The van der Waals surface area contributed by atoms with E-state index >= 15 is 0 Å². The first kappa shape index (κ1) is 25.8. The molecule has 0 bridgehead atoms. The standard InChI is InChI=1S/C26H33F2N5O3/c1-15(2)33-21(9-11-30-33)25(35)32-24(23(17-4-5-17)18-6-7-18)26(36)31-20-8-3-16(13-19(20)28)14-22(34)29-12-10-27/h3,8-9,11,13,15,17-18,23-24H,4-7,10,12,14H2,1-2H3,(H,29,34)(H,31,36)(H,32,35). The number of carbonyl (C=O) groups is 3. The van der Waals surface area contributed by atoms with E-state index in [9.17, 15) is 23.2 Å². The lowest BCUT2D eigenvalue weighted by atomic mass is 9.88. The summed E-state index contributed by atoms with van der Waals surface area (Å²) >= 11 is 0. The van der Waals surface area contributed by atoms with Gasteiger partial charge in [-0.3, -0.25) is 19.1 Å². The van der Waals surface area contributed by atoms with Crippen LogP contribution in [-0.4, -0.2) is 46.8 Å². The Morgan fingerprint density at radius 1 is 1.11 bits per heavy atom. The first-order valence-corrected chi connectivity index (χ1v) is 12.5. The minimum atomic E-state index is -0.807. The molecule has 0 saturated heterocycles. The molecule has 3 N–H and O–H groups in total. The Morgan fingerprint density at radius 3 is 2.39 bits per heavy atom. The number of aromatic nitrogens is 2. The van der Waals surface area contributed by atoms with Crippen molar-refractivity contribution in [1.82, 2.24) is 20.4 Å². The minimum absolute atomic E-state index is 0.00842. The molecule has 1 heterocycles. The van der Waals surface area contributed by atoms with Crippen molar-refractivity contribution < 1.29 is 23.2 Å². The minimum Gasteiger partial charge on any atom is -0.353 e. The van der Waals surface area contributed by atoms with E-state index in [4.69, 9.17) is 0 Å². The maximum atomic E-state index is 14.8. The van der Waals surface area contributed by atoms with Gasteiger partial charge >= 0.3 is 0 Å². The summed E-state index contributed by atoms with van der Waals surface area (Å²) in [6.07, 6.45) is 5.50. The van der Waals surface area contributed by atoms with Gasteiger partial charge in [-0.25, -0.2) is 8.78 Å². The maximum Gasteiger partial charge on any atom is 0.270 e. The lowest BCUT2D eigenvalue weighted by Crippen LogP contribution is -2.50. The highest BCUT2D eigenvalue weighted by molar-refractivity contribution is 6.01. The van der Waals surface area contributed by atoms with Crippen molar-refractivity contribution in [2.75, 3.05) is 18.5 Å². The smallest absolute Gasteiger partial charge is 0.270 e. The Hall–Kier alpha value is -3.30. The highest BCUT2D eigenvalue weighted by Gasteiger charge is 2.48. The van der Waals surface area contributed by atoms with E-state index in [0.717, 1.165) is 25.7 Å². The average molecular weight is 502 g/mol. The Balaban J connectivity index is 1.50. The van der Waals surface area contributed by atoms with Gasteiger partial charge in [-0.1, -0.05) is 6.07 Å². The first-order chi connectivity index (χ1) is 17.3. The first-order valence-electron chi connectivity index (χ1n) is 12.5. The quantitative estimate of drug-likeness (QED) is 0.415. The van der Waals surface area contributed by atoms with Gasteiger partial charge in [0.25, 0.3) is 5.91 Å². The predicted octanol–water partition coefficient (Wildman–Crippen LogP) is 3.40. The van der Waals surface area contributed by atoms with E-state index in [2.05, 4.69) is 21.0 Å². The molecule has 194 valence electrons. The van der Waals surface area contributed by atoms with Crippen LogP contribution < -0.4 is 16.0 Å². The summed E-state index contributed by atoms with van der Waals surface area (Å²) in [6.45, 7) is 3.07. The van der Waals surface area contributed by atoms with E-state index < -0.39 is 30.3 Å². The number of nitrogens with one attached hydrogen (secondary N) is 3. The van der Waals surface area contributed by atoms with Gasteiger partial charge in [0.1, 0.15) is 24.2 Å². The van der Waals surface area contributed by atoms with Gasteiger partial charge in [0, 0.05) is 18.8 Å². The van der Waals surface area contributed by atoms with E-state index in [-0.39, 0.29) is 36.5 Å². The number of hydrogen-bond acceptors (Lipinski definition) is 4. The second-order valence-electron chi connectivity index (χ2n) is 9.98. The molecule has 36 heavy (non-hydrogen) atoms. The SMILES string of the molecule is CC(C)n1nccc1C(=O)NC(C(=O)Nc1ccc(CC(=O)NCCF)cc1F)C(C1CC1)C1CC1. The summed E-state index contributed by atoms with van der Waals surface area (Å²) in [6, 6.07) is 4.91. The van der Waals surface area contributed by atoms with Crippen LogP contribution in [0.3, 0.4) is 0 Å². The van der Waals surface area contributed by atoms with Crippen LogP contribution in [0.15, 0.2) is 30.5 Å². The van der Waals surface area contributed by atoms with E-state index in [1.807, 2.05) is 13.8 Å². The Kier molecular flexibility index (Phi) is 8.01. The fraction of sp³-hybridized carbons (Fsp3) is 0.538. The number of amides is 3. The molecule has 0 radical (unpaired) electrons. The van der Waals surface area contributed by atoms with Gasteiger partial charge in [0.05, 0.1) is 12.1 Å². The summed E-state index contributed by atoms with van der Waals surface area (Å²) in [5.41, 5.74) is 0.752. The summed E-state index contributed by atoms with van der Waals surface area (Å²) in [7, 11) is 0. The van der Waals surface area contributed by atoms with Gasteiger partial charge in [0.15, 0.2) is 0 Å². The summed E-state index contributed by atoms with van der Waals surface area (Å²) in [5.74, 6) is -1.23. The molecule has 0 aliphatic heterocycles. The molecule has 1 atom stereocenters. The lowest BCUT2D eigenvalue weighted by Gasteiger charge is -2.28. The van der Waals surface area contributed by atoms with Crippen LogP contribution in [0, 0.1) is 23.6 Å². The van der Waals surface area contributed by atoms with Crippen LogP contribution in [0.4, 0.5) is 14.5 Å². The third-order valence-corrected chi connectivity index (χ3v) is 6.75. The number of hydrogen-bond donors (Lipinski definition) is 3. The number of benzene rings is 1. The molecule has 1 unspecified atom stereocenters. The average Bonchev–Trinajstić information content (AvgIpc) is 3.78. The molecule has 2 saturated carbocycles. The van der Waals surface area contributed by atoms with Crippen molar-refractivity contribution in [1.29, 1.82) is 0 Å². The zero-order valence-corrected chi connectivity index (χ0v) is 20.6. The number of rotatable bonds is 12. The van der Waals surface area contributed by atoms with Crippen LogP contribution in [0.2, 0.25) is 0 Å². The summed E-state index contributed by atoms with van der Waals surface area (Å²) in [5, 5.41) is 12.2. The van der Waals surface area contributed by atoms with Crippen molar-refractivity contribution in [2.45, 2.75) is 58.0 Å². The normalized spacial score (nSPS) is 16.2. The summed E-state index contributed by atoms with van der Waals surface area (Å²) in [4.78, 5) is 38.5. The summed E-state index contributed by atoms with van der Waals surface area (Å²) < 4.78 is 28.7. The molecule has 0 spiro atoms. The van der Waals surface area contributed by atoms with Crippen molar-refractivity contribution >= 4 is 23.4 Å². The third kappa shape index (κ3) is 6.27. The molecule has 3 amide bonds. The molecule has 2 aliphatic carbocycles. The zero-order chi connectivity index (χ0) is 25.8. The molecule has 8 nitrogen and oxygen atoms in total. The van der Waals surface area contributed by atoms with Crippen LogP contribution >= 0.6 is 0 Å². The van der Waals surface area contributed by atoms with E-state index in [0.29, 0.717) is 23.1 Å². The Bertz CT molecular complexity index is 1100. The largest absolute Gasteiger partial charge is 0.353 e. The van der Waals surface area contributed by atoms with Crippen molar-refractivity contribution in [3.8, 4) is 0 Å². The molecular weight excluding hydrogens is 468 g/mol. The number of halogens is 2. The highest BCUT2D eigenvalue weighted by atomic mass is 19.1. The fourth-order valence-corrected chi connectivity index (χ4v) is 4.76. The molecule has 2 aliphatic rings. The predicted molar refractivity (Wildman–Crippen MR) is 131 cm³/mol. The van der Waals surface area contributed by atoms with Crippen molar-refractivity contribution in [3.63, 3.8) is 0 Å². The monoisotopic (exact) mass is 501 g/mol. The third-order valence-electron chi connectivity index (χ3n) is 6.75. The van der Waals surface area contributed by atoms with Crippen LogP contribution in [0.1, 0.15) is 61.6 Å².